The third-order valence-corrected chi connectivity index (χ3v) is 2.86. The minimum atomic E-state index is -0.162. The standard InChI is InChI=1S/C13H17N3O2/c1-8-4-12(9(2)18-8)13(16-14)10-5-11(17-3)7-15-6-10/h4-7,13,16H,14H2,1-3H3. The summed E-state index contributed by atoms with van der Waals surface area (Å²) in [7, 11) is 1.61. The van der Waals surface area contributed by atoms with Crippen molar-refractivity contribution in [3.05, 3.63) is 47.2 Å². The van der Waals surface area contributed by atoms with Crippen LogP contribution < -0.4 is 16.0 Å². The molecule has 0 bridgehead atoms. The lowest BCUT2D eigenvalue weighted by molar-refractivity contribution is 0.411. The third kappa shape index (κ3) is 2.37. The summed E-state index contributed by atoms with van der Waals surface area (Å²) >= 11 is 0. The van der Waals surface area contributed by atoms with E-state index in [-0.39, 0.29) is 6.04 Å². The number of furan rings is 1. The van der Waals surface area contributed by atoms with Gasteiger partial charge >= 0.3 is 0 Å². The molecule has 1 unspecified atom stereocenters. The van der Waals surface area contributed by atoms with E-state index in [1.54, 1.807) is 19.5 Å². The molecule has 0 aliphatic rings. The first-order valence-corrected chi connectivity index (χ1v) is 5.67. The Morgan fingerprint density at radius 3 is 2.67 bits per heavy atom. The predicted octanol–water partition coefficient (Wildman–Crippen LogP) is 1.85. The summed E-state index contributed by atoms with van der Waals surface area (Å²) in [6.07, 6.45) is 3.42. The number of aryl methyl sites for hydroxylation is 2. The van der Waals surface area contributed by atoms with Crippen molar-refractivity contribution in [2.45, 2.75) is 19.9 Å². The molecule has 0 amide bonds. The molecule has 2 heterocycles. The van der Waals surface area contributed by atoms with Gasteiger partial charge < -0.3 is 9.15 Å². The zero-order valence-corrected chi connectivity index (χ0v) is 10.7. The molecule has 0 spiro atoms. The molecule has 2 rings (SSSR count). The van der Waals surface area contributed by atoms with E-state index in [2.05, 4.69) is 10.4 Å². The van der Waals surface area contributed by atoms with Gasteiger partial charge in [0, 0.05) is 11.8 Å². The summed E-state index contributed by atoms with van der Waals surface area (Å²) < 4.78 is 10.7. The van der Waals surface area contributed by atoms with E-state index in [1.165, 1.54) is 0 Å². The Kier molecular flexibility index (Phi) is 3.64. The molecule has 0 radical (unpaired) electrons. The Labute approximate surface area is 106 Å². The van der Waals surface area contributed by atoms with Gasteiger partial charge in [-0.2, -0.15) is 0 Å². The van der Waals surface area contributed by atoms with Crippen molar-refractivity contribution in [2.24, 2.45) is 5.84 Å². The average molecular weight is 247 g/mol. The van der Waals surface area contributed by atoms with Crippen molar-refractivity contribution in [3.63, 3.8) is 0 Å². The lowest BCUT2D eigenvalue weighted by atomic mass is 10.0. The van der Waals surface area contributed by atoms with Crippen LogP contribution >= 0.6 is 0 Å². The molecule has 3 N–H and O–H groups in total. The highest BCUT2D eigenvalue weighted by atomic mass is 16.5. The number of aromatic nitrogens is 1. The molecule has 0 aromatic carbocycles. The van der Waals surface area contributed by atoms with E-state index in [1.807, 2.05) is 26.0 Å². The van der Waals surface area contributed by atoms with Gasteiger partial charge in [-0.3, -0.25) is 10.8 Å². The van der Waals surface area contributed by atoms with Crippen LogP contribution in [0.1, 0.15) is 28.7 Å². The highest BCUT2D eigenvalue weighted by Crippen LogP contribution is 2.27. The van der Waals surface area contributed by atoms with Crippen LogP contribution in [0.15, 0.2) is 28.9 Å². The van der Waals surface area contributed by atoms with Crippen LogP contribution in [0.2, 0.25) is 0 Å². The molecule has 2 aromatic heterocycles. The largest absolute Gasteiger partial charge is 0.495 e. The highest BCUT2D eigenvalue weighted by molar-refractivity contribution is 5.36. The van der Waals surface area contributed by atoms with Crippen LogP contribution in [-0.4, -0.2) is 12.1 Å². The van der Waals surface area contributed by atoms with Crippen LogP contribution in [0.25, 0.3) is 0 Å². The van der Waals surface area contributed by atoms with Gasteiger partial charge in [-0.1, -0.05) is 0 Å². The number of rotatable bonds is 4. The Hall–Kier alpha value is -1.85. The fourth-order valence-corrected chi connectivity index (χ4v) is 2.01. The number of hydrogen-bond donors (Lipinski definition) is 2. The molecule has 5 heteroatoms. The number of nitrogens with one attached hydrogen (secondary N) is 1. The third-order valence-electron chi connectivity index (χ3n) is 2.86. The Bertz CT molecular complexity index is 537. The Morgan fingerprint density at radius 2 is 2.11 bits per heavy atom. The molecular weight excluding hydrogens is 230 g/mol. The second-order valence-electron chi connectivity index (χ2n) is 4.13. The van der Waals surface area contributed by atoms with Gasteiger partial charge in [0.25, 0.3) is 0 Å². The van der Waals surface area contributed by atoms with E-state index in [4.69, 9.17) is 15.0 Å². The number of nitrogens with two attached hydrogens (primary N) is 1. The van der Waals surface area contributed by atoms with Gasteiger partial charge in [0.05, 0.1) is 19.3 Å². The molecule has 2 aromatic rings. The Morgan fingerprint density at radius 1 is 1.33 bits per heavy atom. The van der Waals surface area contributed by atoms with Gasteiger partial charge in [0.2, 0.25) is 0 Å². The normalized spacial score (nSPS) is 12.4. The number of pyridine rings is 1. The summed E-state index contributed by atoms with van der Waals surface area (Å²) in [5.41, 5.74) is 4.72. The number of hydrogen-bond acceptors (Lipinski definition) is 5. The molecule has 0 aliphatic carbocycles. The van der Waals surface area contributed by atoms with Gasteiger partial charge in [-0.05, 0) is 31.5 Å². The first-order chi connectivity index (χ1) is 8.65. The van der Waals surface area contributed by atoms with Crippen LogP contribution in [0.4, 0.5) is 0 Å². The zero-order chi connectivity index (χ0) is 13.1. The quantitative estimate of drug-likeness (QED) is 0.637. The molecule has 5 nitrogen and oxygen atoms in total. The topological polar surface area (TPSA) is 73.3 Å². The van der Waals surface area contributed by atoms with E-state index < -0.39 is 0 Å². The highest BCUT2D eigenvalue weighted by Gasteiger charge is 2.18. The molecule has 0 aliphatic heterocycles. The number of hydrazine groups is 1. The zero-order valence-electron chi connectivity index (χ0n) is 10.7. The van der Waals surface area contributed by atoms with Crippen molar-refractivity contribution >= 4 is 0 Å². The van der Waals surface area contributed by atoms with E-state index in [0.29, 0.717) is 5.75 Å². The van der Waals surface area contributed by atoms with E-state index >= 15 is 0 Å². The maximum absolute atomic E-state index is 5.65. The van der Waals surface area contributed by atoms with Crippen LogP contribution in [0.3, 0.4) is 0 Å². The maximum atomic E-state index is 5.65. The minimum absolute atomic E-state index is 0.162. The van der Waals surface area contributed by atoms with Crippen molar-refractivity contribution < 1.29 is 9.15 Å². The molecule has 0 saturated carbocycles. The first-order valence-electron chi connectivity index (χ1n) is 5.67. The monoisotopic (exact) mass is 247 g/mol. The minimum Gasteiger partial charge on any atom is -0.495 e. The van der Waals surface area contributed by atoms with Crippen molar-refractivity contribution in [3.8, 4) is 5.75 Å². The molecule has 0 fully saturated rings. The van der Waals surface area contributed by atoms with Crippen molar-refractivity contribution in [1.82, 2.24) is 10.4 Å². The van der Waals surface area contributed by atoms with Gasteiger partial charge in [0.1, 0.15) is 17.3 Å². The van der Waals surface area contributed by atoms with Crippen LogP contribution in [-0.2, 0) is 0 Å². The van der Waals surface area contributed by atoms with Crippen molar-refractivity contribution in [2.75, 3.05) is 7.11 Å². The van der Waals surface area contributed by atoms with Crippen molar-refractivity contribution in [1.29, 1.82) is 0 Å². The SMILES string of the molecule is COc1cncc(C(NN)c2cc(C)oc2C)c1. The average Bonchev–Trinajstić information content (AvgIpc) is 2.70. The summed E-state index contributed by atoms with van der Waals surface area (Å²) in [5, 5.41) is 0. The summed E-state index contributed by atoms with van der Waals surface area (Å²) in [4.78, 5) is 4.14. The summed E-state index contributed by atoms with van der Waals surface area (Å²) in [5.74, 6) is 8.05. The number of nitrogens with zero attached hydrogens (tertiary/aromatic N) is 1. The Balaban J connectivity index is 2.41. The van der Waals surface area contributed by atoms with Crippen LogP contribution in [0, 0.1) is 13.8 Å². The molecular formula is C13H17N3O2. The maximum Gasteiger partial charge on any atom is 0.137 e. The summed E-state index contributed by atoms with van der Waals surface area (Å²) in [6, 6.07) is 3.71. The van der Waals surface area contributed by atoms with Crippen LogP contribution in [0.5, 0.6) is 5.75 Å². The predicted molar refractivity (Wildman–Crippen MR) is 68.1 cm³/mol. The molecule has 96 valence electrons. The molecule has 18 heavy (non-hydrogen) atoms. The number of methoxy groups -OCH3 is 1. The second-order valence-corrected chi connectivity index (χ2v) is 4.13. The molecule has 1 atom stereocenters. The summed E-state index contributed by atoms with van der Waals surface area (Å²) in [6.45, 7) is 3.83. The smallest absolute Gasteiger partial charge is 0.137 e. The first kappa shape index (κ1) is 12.6. The molecule has 0 saturated heterocycles. The lowest BCUT2D eigenvalue weighted by Crippen LogP contribution is -2.29. The fourth-order valence-electron chi connectivity index (χ4n) is 2.01. The van der Waals surface area contributed by atoms with Gasteiger partial charge in [0.15, 0.2) is 0 Å². The number of ether oxygens (including phenoxy) is 1. The fraction of sp³-hybridized carbons (Fsp3) is 0.308. The van der Waals surface area contributed by atoms with E-state index in [9.17, 15) is 0 Å². The van der Waals surface area contributed by atoms with Gasteiger partial charge in [-0.25, -0.2) is 5.43 Å². The van der Waals surface area contributed by atoms with E-state index in [0.717, 1.165) is 22.6 Å². The second kappa shape index (κ2) is 5.20. The van der Waals surface area contributed by atoms with Gasteiger partial charge in [-0.15, -0.1) is 0 Å². The lowest BCUT2D eigenvalue weighted by Gasteiger charge is -2.15.